The van der Waals surface area contributed by atoms with Gasteiger partial charge in [-0.25, -0.2) is 0 Å². The summed E-state index contributed by atoms with van der Waals surface area (Å²) in [6.07, 6.45) is 5.33. The lowest BCUT2D eigenvalue weighted by molar-refractivity contribution is 0.322. The van der Waals surface area contributed by atoms with E-state index in [2.05, 4.69) is 5.32 Å². The van der Waals surface area contributed by atoms with Gasteiger partial charge in [-0.2, -0.15) is 11.8 Å². The van der Waals surface area contributed by atoms with Gasteiger partial charge in [-0.15, -0.1) is 0 Å². The molecule has 0 spiro atoms. The highest BCUT2D eigenvalue weighted by Crippen LogP contribution is 2.12. The highest BCUT2D eigenvalue weighted by molar-refractivity contribution is 7.99. The van der Waals surface area contributed by atoms with E-state index in [4.69, 9.17) is 5.11 Å². The van der Waals surface area contributed by atoms with E-state index in [9.17, 15) is 0 Å². The Balaban J connectivity index is 1.81. The number of hydrogen-bond acceptors (Lipinski definition) is 3. The van der Waals surface area contributed by atoms with E-state index in [1.807, 2.05) is 11.8 Å². The number of hydrogen-bond donors (Lipinski definition) is 2. The van der Waals surface area contributed by atoms with Crippen molar-refractivity contribution >= 4 is 11.8 Å². The molecule has 1 unspecified atom stereocenters. The molecule has 0 aromatic carbocycles. The van der Waals surface area contributed by atoms with E-state index in [0.717, 1.165) is 11.8 Å². The molecule has 1 fully saturated rings. The van der Waals surface area contributed by atoms with E-state index < -0.39 is 0 Å². The minimum Gasteiger partial charge on any atom is -0.396 e. The van der Waals surface area contributed by atoms with Crippen LogP contribution in [0.3, 0.4) is 0 Å². The summed E-state index contributed by atoms with van der Waals surface area (Å²) >= 11 is 1.86. The minimum atomic E-state index is 0.326. The van der Waals surface area contributed by atoms with Crippen molar-refractivity contribution in [2.45, 2.75) is 31.7 Å². The summed E-state index contributed by atoms with van der Waals surface area (Å²) in [6.45, 7) is 1.54. The Morgan fingerprint density at radius 2 is 2.33 bits per heavy atom. The molecule has 1 aliphatic rings. The molecule has 0 saturated carbocycles. The van der Waals surface area contributed by atoms with E-state index in [1.165, 1.54) is 38.0 Å². The van der Waals surface area contributed by atoms with Crippen LogP contribution in [0.25, 0.3) is 0 Å². The van der Waals surface area contributed by atoms with Crippen LogP contribution in [0, 0.1) is 0 Å². The first-order valence-corrected chi connectivity index (χ1v) is 6.01. The average molecular weight is 189 g/mol. The predicted molar refractivity (Wildman–Crippen MR) is 54.7 cm³/mol. The zero-order chi connectivity index (χ0) is 8.65. The Labute approximate surface area is 79.1 Å². The lowest BCUT2D eigenvalue weighted by atomic mass is 10.1. The molecule has 0 bridgehead atoms. The van der Waals surface area contributed by atoms with Crippen molar-refractivity contribution in [3.63, 3.8) is 0 Å². The molecule has 0 amide bonds. The van der Waals surface area contributed by atoms with Gasteiger partial charge in [-0.05, 0) is 38.0 Å². The van der Waals surface area contributed by atoms with E-state index in [-0.39, 0.29) is 0 Å². The molecule has 0 radical (unpaired) electrons. The standard InChI is InChI=1S/C9H19NOS/c11-6-8-12-7-2-4-9-3-1-5-10-9/h9-11H,1-8H2. The number of thioether (sulfide) groups is 1. The van der Waals surface area contributed by atoms with Gasteiger partial charge in [-0.1, -0.05) is 0 Å². The number of nitrogens with one attached hydrogen (secondary N) is 1. The van der Waals surface area contributed by atoms with Gasteiger partial charge in [0, 0.05) is 11.8 Å². The maximum absolute atomic E-state index is 8.54. The molecule has 3 heteroatoms. The van der Waals surface area contributed by atoms with Gasteiger partial charge in [0.05, 0.1) is 6.61 Å². The monoisotopic (exact) mass is 189 g/mol. The Morgan fingerprint density at radius 3 is 3.00 bits per heavy atom. The topological polar surface area (TPSA) is 32.3 Å². The Hall–Kier alpha value is 0.270. The molecule has 1 heterocycles. The number of aliphatic hydroxyl groups is 1. The van der Waals surface area contributed by atoms with Gasteiger partial charge in [0.2, 0.25) is 0 Å². The lowest BCUT2D eigenvalue weighted by Gasteiger charge is -2.08. The highest BCUT2D eigenvalue weighted by atomic mass is 32.2. The molecular formula is C9H19NOS. The maximum Gasteiger partial charge on any atom is 0.0521 e. The molecule has 12 heavy (non-hydrogen) atoms. The third-order valence-corrected chi connectivity index (χ3v) is 3.29. The second kappa shape index (κ2) is 6.75. The van der Waals surface area contributed by atoms with Crippen molar-refractivity contribution in [3.8, 4) is 0 Å². The van der Waals surface area contributed by atoms with Crippen LogP contribution in [0.5, 0.6) is 0 Å². The lowest BCUT2D eigenvalue weighted by Crippen LogP contribution is -2.21. The first-order valence-electron chi connectivity index (χ1n) is 4.85. The molecule has 72 valence electrons. The van der Waals surface area contributed by atoms with Gasteiger partial charge in [-0.3, -0.25) is 0 Å². The van der Waals surface area contributed by atoms with Gasteiger partial charge in [0.25, 0.3) is 0 Å². The zero-order valence-electron chi connectivity index (χ0n) is 7.59. The highest BCUT2D eigenvalue weighted by Gasteiger charge is 2.12. The van der Waals surface area contributed by atoms with Crippen molar-refractivity contribution in [2.75, 3.05) is 24.7 Å². The van der Waals surface area contributed by atoms with Gasteiger partial charge in [0.15, 0.2) is 0 Å². The molecule has 1 aliphatic heterocycles. The summed E-state index contributed by atoms with van der Waals surface area (Å²) in [5.74, 6) is 2.11. The average Bonchev–Trinajstić information content (AvgIpc) is 2.57. The maximum atomic E-state index is 8.54. The van der Waals surface area contributed by atoms with Crippen LogP contribution >= 0.6 is 11.8 Å². The fourth-order valence-corrected chi connectivity index (χ4v) is 2.31. The zero-order valence-corrected chi connectivity index (χ0v) is 8.41. The van der Waals surface area contributed by atoms with Crippen molar-refractivity contribution in [1.29, 1.82) is 0 Å². The normalized spacial score (nSPS) is 23.2. The molecule has 1 saturated heterocycles. The quantitative estimate of drug-likeness (QED) is 0.617. The summed E-state index contributed by atoms with van der Waals surface area (Å²) < 4.78 is 0. The van der Waals surface area contributed by atoms with E-state index in [1.54, 1.807) is 0 Å². The summed E-state index contributed by atoms with van der Waals surface area (Å²) in [4.78, 5) is 0. The predicted octanol–water partition coefficient (Wildman–Crippen LogP) is 1.24. The molecular weight excluding hydrogens is 170 g/mol. The summed E-state index contributed by atoms with van der Waals surface area (Å²) in [7, 11) is 0. The van der Waals surface area contributed by atoms with Crippen LogP contribution in [0.1, 0.15) is 25.7 Å². The summed E-state index contributed by atoms with van der Waals surface area (Å²) in [5, 5.41) is 12.0. The van der Waals surface area contributed by atoms with Crippen molar-refractivity contribution < 1.29 is 5.11 Å². The van der Waals surface area contributed by atoms with Crippen LogP contribution in [-0.4, -0.2) is 35.8 Å². The van der Waals surface area contributed by atoms with E-state index >= 15 is 0 Å². The van der Waals surface area contributed by atoms with Crippen LogP contribution in [-0.2, 0) is 0 Å². The number of aliphatic hydroxyl groups excluding tert-OH is 1. The summed E-state index contributed by atoms with van der Waals surface area (Å²) in [5.41, 5.74) is 0. The smallest absolute Gasteiger partial charge is 0.0521 e. The Bertz CT molecular complexity index is 105. The summed E-state index contributed by atoms with van der Waals surface area (Å²) in [6, 6.07) is 0.791. The van der Waals surface area contributed by atoms with Crippen LogP contribution < -0.4 is 5.32 Å². The second-order valence-electron chi connectivity index (χ2n) is 3.27. The molecule has 0 aromatic rings. The molecule has 1 atom stereocenters. The van der Waals surface area contributed by atoms with Crippen molar-refractivity contribution in [1.82, 2.24) is 5.32 Å². The van der Waals surface area contributed by atoms with E-state index in [0.29, 0.717) is 6.61 Å². The van der Waals surface area contributed by atoms with Gasteiger partial charge in [0.1, 0.15) is 0 Å². The van der Waals surface area contributed by atoms with Crippen LogP contribution in [0.2, 0.25) is 0 Å². The SMILES string of the molecule is OCCSCCCC1CCCN1. The Kier molecular flexibility index (Phi) is 5.82. The fourth-order valence-electron chi connectivity index (χ4n) is 1.60. The molecule has 0 aromatic heterocycles. The van der Waals surface area contributed by atoms with Crippen molar-refractivity contribution in [3.05, 3.63) is 0 Å². The minimum absolute atomic E-state index is 0.326. The van der Waals surface area contributed by atoms with Crippen molar-refractivity contribution in [2.24, 2.45) is 0 Å². The molecule has 2 nitrogen and oxygen atoms in total. The molecule has 2 N–H and O–H groups in total. The first kappa shape index (κ1) is 10.4. The molecule has 1 rings (SSSR count). The third-order valence-electron chi connectivity index (χ3n) is 2.24. The number of rotatable bonds is 6. The Morgan fingerprint density at radius 1 is 1.42 bits per heavy atom. The fraction of sp³-hybridized carbons (Fsp3) is 1.00. The van der Waals surface area contributed by atoms with Gasteiger partial charge < -0.3 is 10.4 Å². The second-order valence-corrected chi connectivity index (χ2v) is 4.50. The molecule has 0 aliphatic carbocycles. The first-order chi connectivity index (χ1) is 5.93. The van der Waals surface area contributed by atoms with Crippen LogP contribution in [0.15, 0.2) is 0 Å². The third kappa shape index (κ3) is 4.33. The van der Waals surface area contributed by atoms with Crippen LogP contribution in [0.4, 0.5) is 0 Å². The largest absolute Gasteiger partial charge is 0.396 e. The van der Waals surface area contributed by atoms with Gasteiger partial charge >= 0.3 is 0 Å².